The third-order valence-corrected chi connectivity index (χ3v) is 6.64. The fourth-order valence-electron chi connectivity index (χ4n) is 4.82. The fraction of sp³-hybridized carbons (Fsp3) is 0.250. The number of rotatable bonds is 6. The minimum Gasteiger partial charge on any atom is -0.478 e. The Balaban J connectivity index is 1.37. The summed E-state index contributed by atoms with van der Waals surface area (Å²) in [5.41, 5.74) is 5.45. The monoisotopic (exact) mass is 453 g/mol. The second-order valence-corrected chi connectivity index (χ2v) is 8.98. The molecule has 0 radical (unpaired) electrons. The largest absolute Gasteiger partial charge is 0.478 e. The molecule has 0 bridgehead atoms. The summed E-state index contributed by atoms with van der Waals surface area (Å²) in [6.07, 6.45) is 4.49. The van der Waals surface area contributed by atoms with Crippen LogP contribution in [0.5, 0.6) is 0 Å². The number of aryl methyl sites for hydroxylation is 1. The maximum Gasteiger partial charge on any atom is 0.336 e. The molecular weight excluding hydrogens is 426 g/mol. The number of hydrogen-bond donors (Lipinski definition) is 2. The summed E-state index contributed by atoms with van der Waals surface area (Å²) < 4.78 is 1.95. The molecule has 6 nitrogen and oxygen atoms in total. The molecule has 0 atom stereocenters. The molecule has 172 valence electrons. The highest BCUT2D eigenvalue weighted by atomic mass is 16.4. The predicted octanol–water partition coefficient (Wildman–Crippen LogP) is 5.43. The fourth-order valence-corrected chi connectivity index (χ4v) is 4.82. The van der Waals surface area contributed by atoms with E-state index in [1.165, 1.54) is 12.8 Å². The van der Waals surface area contributed by atoms with Crippen LogP contribution in [0.25, 0.3) is 22.0 Å². The minimum absolute atomic E-state index is 0.0156. The normalized spacial score (nSPS) is 13.9. The smallest absolute Gasteiger partial charge is 0.336 e. The molecule has 1 fully saturated rings. The molecule has 2 N–H and O–H groups in total. The third-order valence-electron chi connectivity index (χ3n) is 6.64. The Hall–Kier alpha value is -3.93. The Kier molecular flexibility index (Phi) is 5.88. The first-order valence-corrected chi connectivity index (χ1v) is 11.7. The molecular formula is C28H27N3O3. The number of carbonyl (C=O) groups is 2. The molecule has 1 aliphatic rings. The van der Waals surface area contributed by atoms with Gasteiger partial charge in [0.05, 0.1) is 23.3 Å². The lowest BCUT2D eigenvalue weighted by Crippen LogP contribution is -2.32. The van der Waals surface area contributed by atoms with Crippen molar-refractivity contribution in [3.8, 4) is 11.1 Å². The topological polar surface area (TPSA) is 84.2 Å². The average molecular weight is 454 g/mol. The van der Waals surface area contributed by atoms with Gasteiger partial charge >= 0.3 is 5.97 Å². The van der Waals surface area contributed by atoms with E-state index in [1.807, 2.05) is 66.2 Å². The van der Waals surface area contributed by atoms with Crippen LogP contribution in [0.2, 0.25) is 0 Å². The van der Waals surface area contributed by atoms with Crippen LogP contribution in [0.15, 0.2) is 66.7 Å². The molecule has 0 spiro atoms. The number of amides is 1. The van der Waals surface area contributed by atoms with Gasteiger partial charge in [-0.05, 0) is 60.7 Å². The number of fused-ring (bicyclic) bond motifs is 1. The van der Waals surface area contributed by atoms with Gasteiger partial charge in [-0.1, -0.05) is 55.3 Å². The Morgan fingerprint density at radius 1 is 1.03 bits per heavy atom. The number of carboxylic acids is 1. The van der Waals surface area contributed by atoms with Gasteiger partial charge in [0, 0.05) is 17.0 Å². The van der Waals surface area contributed by atoms with Crippen LogP contribution in [0.4, 0.5) is 0 Å². The summed E-state index contributed by atoms with van der Waals surface area (Å²) in [6.45, 7) is 2.54. The molecule has 0 saturated heterocycles. The van der Waals surface area contributed by atoms with E-state index in [9.17, 15) is 14.7 Å². The first-order valence-electron chi connectivity index (χ1n) is 11.7. The van der Waals surface area contributed by atoms with E-state index in [0.29, 0.717) is 17.7 Å². The molecule has 34 heavy (non-hydrogen) atoms. The molecule has 0 aliphatic heterocycles. The molecule has 4 aromatic rings. The van der Waals surface area contributed by atoms with Gasteiger partial charge in [-0.3, -0.25) is 9.48 Å². The van der Waals surface area contributed by atoms with Gasteiger partial charge < -0.3 is 10.4 Å². The predicted molar refractivity (Wildman–Crippen MR) is 132 cm³/mol. The SMILES string of the molecule is Cc1nn(Cc2ccc(-c3ccccc3C(=O)O)cc2)c2ccc(C(=O)NC3CCCC3)cc12. The van der Waals surface area contributed by atoms with Crippen LogP contribution in [0, 0.1) is 6.92 Å². The summed E-state index contributed by atoms with van der Waals surface area (Å²) in [5, 5.41) is 18.3. The van der Waals surface area contributed by atoms with E-state index < -0.39 is 5.97 Å². The van der Waals surface area contributed by atoms with Crippen molar-refractivity contribution in [2.45, 2.75) is 45.2 Å². The lowest BCUT2D eigenvalue weighted by molar-refractivity contribution is 0.0697. The Labute approximate surface area is 198 Å². The first-order chi connectivity index (χ1) is 16.5. The quantitative estimate of drug-likeness (QED) is 0.408. The van der Waals surface area contributed by atoms with Gasteiger partial charge in [0.1, 0.15) is 0 Å². The van der Waals surface area contributed by atoms with Crippen molar-refractivity contribution in [1.29, 1.82) is 0 Å². The summed E-state index contributed by atoms with van der Waals surface area (Å²) in [4.78, 5) is 24.2. The number of aromatic carboxylic acids is 1. The van der Waals surface area contributed by atoms with E-state index in [2.05, 4.69) is 5.32 Å². The number of nitrogens with one attached hydrogen (secondary N) is 1. The molecule has 1 aliphatic carbocycles. The number of nitrogens with zero attached hydrogens (tertiary/aromatic N) is 2. The number of benzene rings is 3. The van der Waals surface area contributed by atoms with Crippen molar-refractivity contribution in [1.82, 2.24) is 15.1 Å². The molecule has 6 heteroatoms. The number of carboxylic acid groups (broad SMARTS) is 1. The van der Waals surface area contributed by atoms with Crippen LogP contribution in [0.3, 0.4) is 0 Å². The van der Waals surface area contributed by atoms with E-state index in [4.69, 9.17) is 5.10 Å². The van der Waals surface area contributed by atoms with Gasteiger partial charge in [0.2, 0.25) is 0 Å². The summed E-state index contributed by atoms with van der Waals surface area (Å²) in [6, 6.07) is 21.0. The first kappa shape index (κ1) is 21.9. The Morgan fingerprint density at radius 3 is 2.50 bits per heavy atom. The van der Waals surface area contributed by atoms with Crippen molar-refractivity contribution in [2.24, 2.45) is 0 Å². The lowest BCUT2D eigenvalue weighted by Gasteiger charge is -2.12. The Bertz CT molecular complexity index is 1370. The van der Waals surface area contributed by atoms with Crippen molar-refractivity contribution >= 4 is 22.8 Å². The molecule has 5 rings (SSSR count). The highest BCUT2D eigenvalue weighted by Crippen LogP contribution is 2.26. The molecule has 1 amide bonds. The van der Waals surface area contributed by atoms with E-state index in [0.717, 1.165) is 40.6 Å². The molecule has 1 heterocycles. The lowest BCUT2D eigenvalue weighted by atomic mass is 9.99. The average Bonchev–Trinajstić information content (AvgIpc) is 3.47. The van der Waals surface area contributed by atoms with Gasteiger partial charge in [-0.15, -0.1) is 0 Å². The zero-order valence-electron chi connectivity index (χ0n) is 19.1. The van der Waals surface area contributed by atoms with E-state index in [-0.39, 0.29) is 17.5 Å². The molecule has 0 unspecified atom stereocenters. The van der Waals surface area contributed by atoms with Crippen LogP contribution in [-0.2, 0) is 6.54 Å². The zero-order valence-corrected chi connectivity index (χ0v) is 19.1. The maximum atomic E-state index is 12.7. The highest BCUT2D eigenvalue weighted by Gasteiger charge is 2.19. The van der Waals surface area contributed by atoms with Crippen LogP contribution < -0.4 is 5.32 Å². The van der Waals surface area contributed by atoms with Crippen molar-refractivity contribution in [3.05, 3.63) is 89.1 Å². The number of hydrogen-bond acceptors (Lipinski definition) is 3. The molecule has 3 aromatic carbocycles. The summed E-state index contributed by atoms with van der Waals surface area (Å²) in [5.74, 6) is -0.951. The van der Waals surface area contributed by atoms with Crippen LogP contribution in [-0.4, -0.2) is 32.8 Å². The summed E-state index contributed by atoms with van der Waals surface area (Å²) >= 11 is 0. The second kappa shape index (κ2) is 9.14. The van der Waals surface area contributed by atoms with E-state index in [1.54, 1.807) is 12.1 Å². The van der Waals surface area contributed by atoms with Crippen LogP contribution >= 0.6 is 0 Å². The molecule has 1 aromatic heterocycles. The van der Waals surface area contributed by atoms with Crippen LogP contribution in [0.1, 0.15) is 57.7 Å². The third kappa shape index (κ3) is 4.31. The zero-order chi connectivity index (χ0) is 23.7. The van der Waals surface area contributed by atoms with E-state index >= 15 is 0 Å². The minimum atomic E-state index is -0.936. The highest BCUT2D eigenvalue weighted by molar-refractivity contribution is 5.99. The van der Waals surface area contributed by atoms with Gasteiger partial charge in [0.15, 0.2) is 0 Å². The second-order valence-electron chi connectivity index (χ2n) is 8.98. The van der Waals surface area contributed by atoms with Gasteiger partial charge in [-0.2, -0.15) is 5.10 Å². The number of aromatic nitrogens is 2. The summed E-state index contributed by atoms with van der Waals surface area (Å²) in [7, 11) is 0. The maximum absolute atomic E-state index is 12.7. The van der Waals surface area contributed by atoms with Gasteiger partial charge in [0.25, 0.3) is 5.91 Å². The van der Waals surface area contributed by atoms with Crippen molar-refractivity contribution < 1.29 is 14.7 Å². The molecule has 1 saturated carbocycles. The number of carbonyl (C=O) groups excluding carboxylic acids is 1. The van der Waals surface area contributed by atoms with Crippen molar-refractivity contribution in [3.63, 3.8) is 0 Å². The van der Waals surface area contributed by atoms with Gasteiger partial charge in [-0.25, -0.2) is 4.79 Å². The standard InChI is InChI=1S/C28H27N3O3/c1-18-25-16-21(27(32)29-22-6-2-3-7-22)14-15-26(25)31(30-18)17-19-10-12-20(13-11-19)23-8-4-5-9-24(23)28(33)34/h4-5,8-16,22H,2-3,6-7,17H2,1H3,(H,29,32)(H,33,34). The van der Waals surface area contributed by atoms with Crippen molar-refractivity contribution in [2.75, 3.05) is 0 Å². The Morgan fingerprint density at radius 2 is 1.76 bits per heavy atom.